The summed E-state index contributed by atoms with van der Waals surface area (Å²) in [7, 11) is 0. The molecule has 1 aromatic heterocycles. The van der Waals surface area contributed by atoms with Crippen LogP contribution in [-0.2, 0) is 0 Å². The second-order valence-electron chi connectivity index (χ2n) is 3.85. The van der Waals surface area contributed by atoms with Crippen molar-refractivity contribution in [3.63, 3.8) is 0 Å². The number of aryl methyl sites for hydroxylation is 1. The lowest BCUT2D eigenvalue weighted by Crippen LogP contribution is -2.14. The zero-order valence-corrected chi connectivity index (χ0v) is 10.8. The van der Waals surface area contributed by atoms with Gasteiger partial charge in [0.15, 0.2) is 0 Å². The van der Waals surface area contributed by atoms with E-state index in [0.29, 0.717) is 10.0 Å². The minimum atomic E-state index is -0.310. The Bertz CT molecular complexity index is 541. The van der Waals surface area contributed by atoms with Gasteiger partial charge in [-0.25, -0.2) is 0 Å². The first-order chi connectivity index (χ1) is 8.11. The van der Waals surface area contributed by atoms with Gasteiger partial charge in [-0.2, -0.15) is 0 Å². The highest BCUT2D eigenvalue weighted by atomic mass is 35.5. The Labute approximate surface area is 110 Å². The van der Waals surface area contributed by atoms with Gasteiger partial charge in [-0.05, 0) is 35.7 Å². The second kappa shape index (κ2) is 5.05. The Hall–Kier alpha value is -1.09. The number of hydrogen-bond acceptors (Lipinski definition) is 2. The van der Waals surface area contributed by atoms with Gasteiger partial charge in [-0.1, -0.05) is 35.3 Å². The molecule has 0 bridgehead atoms. The lowest BCUT2D eigenvalue weighted by molar-refractivity contribution is 0.853. The summed E-state index contributed by atoms with van der Waals surface area (Å²) < 4.78 is 0. The maximum absolute atomic E-state index is 6.20. The van der Waals surface area contributed by atoms with E-state index in [9.17, 15) is 0 Å². The van der Waals surface area contributed by atoms with E-state index in [-0.39, 0.29) is 6.04 Å². The molecule has 4 heteroatoms. The van der Waals surface area contributed by atoms with Crippen LogP contribution in [0.25, 0.3) is 0 Å². The normalized spacial score (nSPS) is 12.5. The molecule has 0 radical (unpaired) electrons. The highest BCUT2D eigenvalue weighted by Crippen LogP contribution is 2.32. The number of pyridine rings is 1. The minimum absolute atomic E-state index is 0.310. The molecule has 17 heavy (non-hydrogen) atoms. The molecule has 1 atom stereocenters. The third-order valence-corrected chi connectivity index (χ3v) is 3.56. The predicted octanol–water partition coefficient (Wildman–Crippen LogP) is 3.74. The van der Waals surface area contributed by atoms with Crippen LogP contribution in [0.2, 0.25) is 10.0 Å². The van der Waals surface area contributed by atoms with Crippen LogP contribution in [0.5, 0.6) is 0 Å². The molecule has 1 aromatic carbocycles. The summed E-state index contributed by atoms with van der Waals surface area (Å²) in [4.78, 5) is 4.09. The molecule has 0 aliphatic rings. The van der Waals surface area contributed by atoms with Crippen molar-refractivity contribution in [3.8, 4) is 0 Å². The van der Waals surface area contributed by atoms with Crippen LogP contribution in [0.1, 0.15) is 22.7 Å². The Morgan fingerprint density at radius 2 is 1.94 bits per heavy atom. The Morgan fingerprint density at radius 3 is 2.65 bits per heavy atom. The van der Waals surface area contributed by atoms with E-state index in [0.717, 1.165) is 16.7 Å². The van der Waals surface area contributed by atoms with Gasteiger partial charge in [0.1, 0.15) is 0 Å². The zero-order valence-electron chi connectivity index (χ0n) is 9.32. The van der Waals surface area contributed by atoms with Crippen LogP contribution in [0.3, 0.4) is 0 Å². The highest BCUT2D eigenvalue weighted by molar-refractivity contribution is 6.42. The molecular formula is C13H12Cl2N2. The van der Waals surface area contributed by atoms with Crippen LogP contribution < -0.4 is 5.73 Å². The SMILES string of the molecule is Cc1ccncc1C(N)c1cccc(Cl)c1Cl. The summed E-state index contributed by atoms with van der Waals surface area (Å²) in [5.74, 6) is 0. The molecule has 2 N–H and O–H groups in total. The Morgan fingerprint density at radius 1 is 1.18 bits per heavy atom. The Balaban J connectivity index is 2.48. The Kier molecular flexibility index (Phi) is 3.67. The molecule has 0 aliphatic carbocycles. The first-order valence-corrected chi connectivity index (χ1v) is 5.97. The molecular weight excluding hydrogens is 255 g/mol. The average Bonchev–Trinajstić information content (AvgIpc) is 2.32. The lowest BCUT2D eigenvalue weighted by Gasteiger charge is -2.16. The fourth-order valence-electron chi connectivity index (χ4n) is 1.73. The van der Waals surface area contributed by atoms with Crippen molar-refractivity contribution in [2.75, 3.05) is 0 Å². The second-order valence-corrected chi connectivity index (χ2v) is 4.64. The van der Waals surface area contributed by atoms with Crippen LogP contribution in [0.15, 0.2) is 36.7 Å². The molecule has 2 aromatic rings. The molecule has 0 saturated carbocycles. The number of hydrogen-bond donors (Lipinski definition) is 1. The first-order valence-electron chi connectivity index (χ1n) is 5.21. The van der Waals surface area contributed by atoms with Crippen molar-refractivity contribution in [1.29, 1.82) is 0 Å². The van der Waals surface area contributed by atoms with E-state index in [4.69, 9.17) is 28.9 Å². The van der Waals surface area contributed by atoms with Gasteiger partial charge in [0, 0.05) is 12.4 Å². The molecule has 88 valence electrons. The van der Waals surface area contributed by atoms with Crippen LogP contribution in [-0.4, -0.2) is 4.98 Å². The third kappa shape index (κ3) is 2.44. The fourth-order valence-corrected chi connectivity index (χ4v) is 2.16. The van der Waals surface area contributed by atoms with Crippen molar-refractivity contribution in [2.45, 2.75) is 13.0 Å². The molecule has 0 fully saturated rings. The largest absolute Gasteiger partial charge is 0.320 e. The van der Waals surface area contributed by atoms with E-state index < -0.39 is 0 Å². The van der Waals surface area contributed by atoms with Gasteiger partial charge in [0.2, 0.25) is 0 Å². The fraction of sp³-hybridized carbons (Fsp3) is 0.154. The molecule has 2 nitrogen and oxygen atoms in total. The number of halogens is 2. The summed E-state index contributed by atoms with van der Waals surface area (Å²) in [5.41, 5.74) is 9.06. The number of rotatable bonds is 2. The minimum Gasteiger partial charge on any atom is -0.320 e. The average molecular weight is 267 g/mol. The van der Waals surface area contributed by atoms with Crippen LogP contribution in [0, 0.1) is 6.92 Å². The van der Waals surface area contributed by atoms with Gasteiger partial charge in [-0.15, -0.1) is 0 Å². The standard InChI is InChI=1S/C13H12Cl2N2/c1-8-5-6-17-7-10(8)13(16)9-3-2-4-11(14)12(9)15/h2-7,13H,16H2,1H3. The third-order valence-electron chi connectivity index (χ3n) is 2.73. The van der Waals surface area contributed by atoms with Crippen molar-refractivity contribution in [3.05, 3.63) is 63.4 Å². The maximum Gasteiger partial charge on any atom is 0.0643 e. The van der Waals surface area contributed by atoms with Crippen molar-refractivity contribution >= 4 is 23.2 Å². The van der Waals surface area contributed by atoms with E-state index >= 15 is 0 Å². The van der Waals surface area contributed by atoms with Crippen LogP contribution in [0.4, 0.5) is 0 Å². The molecule has 1 heterocycles. The van der Waals surface area contributed by atoms with Crippen LogP contribution >= 0.6 is 23.2 Å². The van der Waals surface area contributed by atoms with E-state index in [1.165, 1.54) is 0 Å². The number of aromatic nitrogens is 1. The molecule has 0 aliphatic heterocycles. The maximum atomic E-state index is 6.20. The van der Waals surface area contributed by atoms with Crippen molar-refractivity contribution < 1.29 is 0 Å². The van der Waals surface area contributed by atoms with Gasteiger partial charge in [0.25, 0.3) is 0 Å². The van der Waals surface area contributed by atoms with E-state index in [2.05, 4.69) is 4.98 Å². The lowest BCUT2D eigenvalue weighted by atomic mass is 9.98. The topological polar surface area (TPSA) is 38.9 Å². The van der Waals surface area contributed by atoms with Gasteiger partial charge in [0.05, 0.1) is 16.1 Å². The van der Waals surface area contributed by atoms with E-state index in [1.54, 1.807) is 18.5 Å². The summed E-state index contributed by atoms with van der Waals surface area (Å²) in [6.07, 6.45) is 3.50. The predicted molar refractivity (Wildman–Crippen MR) is 71.5 cm³/mol. The highest BCUT2D eigenvalue weighted by Gasteiger charge is 2.15. The molecule has 0 saturated heterocycles. The van der Waals surface area contributed by atoms with E-state index in [1.807, 2.05) is 25.1 Å². The first kappa shape index (κ1) is 12.4. The monoisotopic (exact) mass is 266 g/mol. The molecule has 1 unspecified atom stereocenters. The molecule has 0 spiro atoms. The smallest absolute Gasteiger partial charge is 0.0643 e. The zero-order chi connectivity index (χ0) is 12.4. The molecule has 2 rings (SSSR count). The van der Waals surface area contributed by atoms with Gasteiger partial charge < -0.3 is 5.73 Å². The quantitative estimate of drug-likeness (QED) is 0.900. The number of benzene rings is 1. The van der Waals surface area contributed by atoms with Gasteiger partial charge in [-0.3, -0.25) is 4.98 Å². The number of nitrogens with zero attached hydrogens (tertiary/aromatic N) is 1. The summed E-state index contributed by atoms with van der Waals surface area (Å²) in [5, 5.41) is 1.02. The molecule has 0 amide bonds. The van der Waals surface area contributed by atoms with Crippen molar-refractivity contribution in [2.24, 2.45) is 5.73 Å². The summed E-state index contributed by atoms with van der Waals surface area (Å²) in [6.45, 7) is 2.00. The number of nitrogens with two attached hydrogens (primary N) is 1. The summed E-state index contributed by atoms with van der Waals surface area (Å²) in [6, 6.07) is 7.08. The summed E-state index contributed by atoms with van der Waals surface area (Å²) >= 11 is 12.1. The van der Waals surface area contributed by atoms with Crippen molar-refractivity contribution in [1.82, 2.24) is 4.98 Å². The van der Waals surface area contributed by atoms with Gasteiger partial charge >= 0.3 is 0 Å².